The van der Waals surface area contributed by atoms with Crippen molar-refractivity contribution in [2.75, 3.05) is 5.73 Å². The van der Waals surface area contributed by atoms with Crippen LogP contribution in [-0.2, 0) is 6.18 Å². The van der Waals surface area contributed by atoms with Gasteiger partial charge in [-0.1, -0.05) is 0 Å². The van der Waals surface area contributed by atoms with Crippen LogP contribution in [0.3, 0.4) is 0 Å². The Morgan fingerprint density at radius 2 is 1.90 bits per heavy atom. The number of anilines is 1. The third-order valence-corrected chi connectivity index (χ3v) is 2.57. The van der Waals surface area contributed by atoms with Crippen LogP contribution in [0.2, 0.25) is 0 Å². The second-order valence-corrected chi connectivity index (χ2v) is 4.10. The van der Waals surface area contributed by atoms with Gasteiger partial charge < -0.3 is 16.2 Å². The molecule has 8 heteroatoms. The standard InChI is InChI=1S/C13H10F3N3O2/c14-13(15,16)8-2-3-10(9(17)5-8)21-11-4-1-7(6-19-11)12(18)20/h1-6H,17H2,(H2,18,20). The van der Waals surface area contributed by atoms with Crippen molar-refractivity contribution in [2.24, 2.45) is 5.73 Å². The fraction of sp³-hybridized carbons (Fsp3) is 0.0769. The first kappa shape index (κ1) is 14.6. The molecule has 21 heavy (non-hydrogen) atoms. The number of pyridine rings is 1. The van der Waals surface area contributed by atoms with Gasteiger partial charge in [0, 0.05) is 12.3 Å². The Balaban J connectivity index is 2.22. The van der Waals surface area contributed by atoms with E-state index in [1.54, 1.807) is 0 Å². The van der Waals surface area contributed by atoms with Crippen molar-refractivity contribution in [3.63, 3.8) is 0 Å². The number of halogens is 3. The van der Waals surface area contributed by atoms with Gasteiger partial charge in [0.15, 0.2) is 5.75 Å². The Bertz CT molecular complexity index is 669. The molecule has 5 nitrogen and oxygen atoms in total. The lowest BCUT2D eigenvalue weighted by molar-refractivity contribution is -0.137. The van der Waals surface area contributed by atoms with E-state index in [-0.39, 0.29) is 22.9 Å². The number of nitrogens with zero attached hydrogens (tertiary/aromatic N) is 1. The van der Waals surface area contributed by atoms with Gasteiger partial charge in [-0.2, -0.15) is 13.2 Å². The molecular formula is C13H10F3N3O2. The number of primary amides is 1. The summed E-state index contributed by atoms with van der Waals surface area (Å²) in [6, 6.07) is 5.46. The van der Waals surface area contributed by atoms with Gasteiger partial charge in [0.05, 0.1) is 16.8 Å². The molecule has 4 N–H and O–H groups in total. The molecule has 0 unspecified atom stereocenters. The third kappa shape index (κ3) is 3.41. The lowest BCUT2D eigenvalue weighted by Crippen LogP contribution is -2.11. The van der Waals surface area contributed by atoms with Crippen LogP contribution >= 0.6 is 0 Å². The molecule has 0 aliphatic heterocycles. The van der Waals surface area contributed by atoms with Gasteiger partial charge in [0.2, 0.25) is 11.8 Å². The maximum absolute atomic E-state index is 12.5. The number of alkyl halides is 3. The number of carbonyl (C=O) groups excluding carboxylic acids is 1. The van der Waals surface area contributed by atoms with Crippen LogP contribution in [0.5, 0.6) is 11.6 Å². The number of rotatable bonds is 3. The zero-order chi connectivity index (χ0) is 15.6. The summed E-state index contributed by atoms with van der Waals surface area (Å²) in [7, 11) is 0. The highest BCUT2D eigenvalue weighted by molar-refractivity contribution is 5.92. The van der Waals surface area contributed by atoms with E-state index < -0.39 is 17.6 Å². The number of nitrogen functional groups attached to an aromatic ring is 1. The largest absolute Gasteiger partial charge is 0.437 e. The Morgan fingerprint density at radius 3 is 2.38 bits per heavy atom. The van der Waals surface area contributed by atoms with Crippen LogP contribution in [-0.4, -0.2) is 10.9 Å². The van der Waals surface area contributed by atoms with Gasteiger partial charge in [-0.25, -0.2) is 4.98 Å². The Hall–Kier alpha value is -2.77. The maximum atomic E-state index is 12.5. The van der Waals surface area contributed by atoms with Gasteiger partial charge in [0.25, 0.3) is 0 Å². The van der Waals surface area contributed by atoms with Crippen molar-refractivity contribution in [1.29, 1.82) is 0 Å². The fourth-order valence-corrected chi connectivity index (χ4v) is 1.52. The summed E-state index contributed by atoms with van der Waals surface area (Å²) in [6.45, 7) is 0. The minimum Gasteiger partial charge on any atom is -0.437 e. The van der Waals surface area contributed by atoms with E-state index in [0.717, 1.165) is 18.2 Å². The smallest absolute Gasteiger partial charge is 0.416 e. The summed E-state index contributed by atoms with van der Waals surface area (Å²) in [5, 5.41) is 0. The minimum absolute atomic E-state index is 0.0299. The summed E-state index contributed by atoms with van der Waals surface area (Å²) >= 11 is 0. The molecule has 0 saturated heterocycles. The average molecular weight is 297 g/mol. The highest BCUT2D eigenvalue weighted by Crippen LogP contribution is 2.34. The topological polar surface area (TPSA) is 91.2 Å². The fourth-order valence-electron chi connectivity index (χ4n) is 1.52. The number of ether oxygens (including phenoxy) is 1. The summed E-state index contributed by atoms with van der Waals surface area (Å²) in [4.78, 5) is 14.7. The molecule has 0 fully saturated rings. The average Bonchev–Trinajstić information content (AvgIpc) is 2.40. The molecule has 110 valence electrons. The number of benzene rings is 1. The lowest BCUT2D eigenvalue weighted by atomic mass is 10.2. The van der Waals surface area contributed by atoms with Gasteiger partial charge in [-0.15, -0.1) is 0 Å². The van der Waals surface area contributed by atoms with E-state index >= 15 is 0 Å². The van der Waals surface area contributed by atoms with Crippen LogP contribution in [0.15, 0.2) is 36.5 Å². The summed E-state index contributed by atoms with van der Waals surface area (Å²) < 4.78 is 42.7. The molecule has 1 aromatic carbocycles. The SMILES string of the molecule is NC(=O)c1ccc(Oc2ccc(C(F)(F)F)cc2N)nc1. The Labute approximate surface area is 117 Å². The normalized spacial score (nSPS) is 11.2. The van der Waals surface area contributed by atoms with E-state index in [0.29, 0.717) is 0 Å². The summed E-state index contributed by atoms with van der Waals surface area (Å²) in [6.07, 6.45) is -3.29. The minimum atomic E-state index is -4.48. The predicted molar refractivity (Wildman–Crippen MR) is 68.7 cm³/mol. The molecule has 0 bridgehead atoms. The maximum Gasteiger partial charge on any atom is 0.416 e. The third-order valence-electron chi connectivity index (χ3n) is 2.57. The van der Waals surface area contributed by atoms with Gasteiger partial charge >= 0.3 is 6.18 Å². The van der Waals surface area contributed by atoms with Crippen LogP contribution < -0.4 is 16.2 Å². The van der Waals surface area contributed by atoms with E-state index in [9.17, 15) is 18.0 Å². The molecule has 2 rings (SSSR count). The number of carbonyl (C=O) groups is 1. The predicted octanol–water partition coefficient (Wildman–Crippen LogP) is 2.57. The number of hydrogen-bond acceptors (Lipinski definition) is 4. The summed E-state index contributed by atoms with van der Waals surface area (Å²) in [5.74, 6) is -0.545. The Kier molecular flexibility index (Phi) is 3.70. The lowest BCUT2D eigenvalue weighted by Gasteiger charge is -2.11. The zero-order valence-corrected chi connectivity index (χ0v) is 10.5. The van der Waals surface area contributed by atoms with Crippen molar-refractivity contribution >= 4 is 11.6 Å². The van der Waals surface area contributed by atoms with Crippen molar-refractivity contribution in [1.82, 2.24) is 4.98 Å². The van der Waals surface area contributed by atoms with Gasteiger partial charge in [-0.05, 0) is 24.3 Å². The second kappa shape index (κ2) is 5.31. The molecule has 1 heterocycles. The van der Waals surface area contributed by atoms with Crippen molar-refractivity contribution < 1.29 is 22.7 Å². The van der Waals surface area contributed by atoms with Crippen LogP contribution in [0.25, 0.3) is 0 Å². The molecule has 0 aliphatic carbocycles. The number of hydrogen-bond donors (Lipinski definition) is 2. The van der Waals surface area contributed by atoms with Gasteiger partial charge in [0.1, 0.15) is 0 Å². The molecule has 1 amide bonds. The van der Waals surface area contributed by atoms with Crippen LogP contribution in [0.1, 0.15) is 15.9 Å². The molecule has 0 aliphatic rings. The van der Waals surface area contributed by atoms with Crippen LogP contribution in [0, 0.1) is 0 Å². The first-order valence-corrected chi connectivity index (χ1v) is 5.68. The Morgan fingerprint density at radius 1 is 1.19 bits per heavy atom. The molecule has 1 aromatic heterocycles. The van der Waals surface area contributed by atoms with Crippen molar-refractivity contribution in [3.8, 4) is 11.6 Å². The molecule has 0 saturated carbocycles. The van der Waals surface area contributed by atoms with E-state index in [1.807, 2.05) is 0 Å². The first-order chi connectivity index (χ1) is 9.77. The number of aromatic nitrogens is 1. The van der Waals surface area contributed by atoms with E-state index in [2.05, 4.69) is 4.98 Å². The first-order valence-electron chi connectivity index (χ1n) is 5.68. The monoisotopic (exact) mass is 297 g/mol. The molecular weight excluding hydrogens is 287 g/mol. The molecule has 2 aromatic rings. The molecule has 0 atom stereocenters. The number of amides is 1. The van der Waals surface area contributed by atoms with Crippen LogP contribution in [0.4, 0.5) is 18.9 Å². The zero-order valence-electron chi connectivity index (χ0n) is 10.5. The van der Waals surface area contributed by atoms with Gasteiger partial charge in [-0.3, -0.25) is 4.79 Å². The van der Waals surface area contributed by atoms with E-state index in [4.69, 9.17) is 16.2 Å². The van der Waals surface area contributed by atoms with E-state index in [1.165, 1.54) is 18.3 Å². The molecule has 0 radical (unpaired) electrons. The quantitative estimate of drug-likeness (QED) is 0.852. The molecule has 0 spiro atoms. The van der Waals surface area contributed by atoms with Crippen molar-refractivity contribution in [3.05, 3.63) is 47.7 Å². The second-order valence-electron chi connectivity index (χ2n) is 4.10. The number of nitrogens with two attached hydrogens (primary N) is 2. The highest BCUT2D eigenvalue weighted by Gasteiger charge is 2.31. The summed E-state index contributed by atoms with van der Waals surface area (Å²) in [5.41, 5.74) is 9.71. The van der Waals surface area contributed by atoms with Crippen molar-refractivity contribution in [2.45, 2.75) is 6.18 Å². The highest BCUT2D eigenvalue weighted by atomic mass is 19.4.